The Bertz CT molecular complexity index is 366. The van der Waals surface area contributed by atoms with Gasteiger partial charge < -0.3 is 15.5 Å². The lowest BCUT2D eigenvalue weighted by Crippen LogP contribution is -2.44. The number of rotatable bonds is 5. The van der Waals surface area contributed by atoms with Crippen LogP contribution in [0.2, 0.25) is 0 Å². The van der Waals surface area contributed by atoms with Gasteiger partial charge in [0.2, 0.25) is 0 Å². The van der Waals surface area contributed by atoms with Gasteiger partial charge in [0.25, 0.3) is 0 Å². The Balaban J connectivity index is 1.75. The standard InChI is InChI=1S/C13H18BrNO2/c14-11-3-1-2-9(4-11)10-5-12(6-10)15-7-13(17)8-16/h1-4,10,12-13,15-17H,5-8H2. The van der Waals surface area contributed by atoms with Crippen LogP contribution in [0.1, 0.15) is 24.3 Å². The zero-order valence-electron chi connectivity index (χ0n) is 9.64. The molecular formula is C13H18BrNO2. The predicted molar refractivity (Wildman–Crippen MR) is 71.0 cm³/mol. The van der Waals surface area contributed by atoms with Gasteiger partial charge in [0.1, 0.15) is 0 Å². The fourth-order valence-electron chi connectivity index (χ4n) is 2.18. The van der Waals surface area contributed by atoms with Crippen molar-refractivity contribution in [2.75, 3.05) is 13.2 Å². The van der Waals surface area contributed by atoms with Crippen LogP contribution in [0.15, 0.2) is 28.7 Å². The predicted octanol–water partition coefficient (Wildman–Crippen LogP) is 1.64. The summed E-state index contributed by atoms with van der Waals surface area (Å²) in [6, 6.07) is 8.91. The molecule has 2 rings (SSSR count). The van der Waals surface area contributed by atoms with Gasteiger partial charge >= 0.3 is 0 Å². The molecule has 0 bridgehead atoms. The number of nitrogens with one attached hydrogen (secondary N) is 1. The molecule has 0 aromatic heterocycles. The third kappa shape index (κ3) is 3.52. The van der Waals surface area contributed by atoms with E-state index in [-0.39, 0.29) is 6.61 Å². The third-order valence-electron chi connectivity index (χ3n) is 3.31. The summed E-state index contributed by atoms with van der Waals surface area (Å²) in [6.45, 7) is 0.307. The Hall–Kier alpha value is -0.420. The zero-order valence-corrected chi connectivity index (χ0v) is 11.2. The molecule has 0 saturated heterocycles. The minimum Gasteiger partial charge on any atom is -0.394 e. The second-order valence-corrected chi connectivity index (χ2v) is 5.58. The first-order chi connectivity index (χ1) is 8.19. The lowest BCUT2D eigenvalue weighted by Gasteiger charge is -2.37. The van der Waals surface area contributed by atoms with E-state index in [1.807, 2.05) is 6.07 Å². The van der Waals surface area contributed by atoms with Crippen LogP contribution in [0.4, 0.5) is 0 Å². The summed E-state index contributed by atoms with van der Waals surface area (Å²) in [6.07, 6.45) is 1.57. The van der Waals surface area contributed by atoms with Gasteiger partial charge in [-0.3, -0.25) is 0 Å². The van der Waals surface area contributed by atoms with E-state index in [4.69, 9.17) is 5.11 Å². The average molecular weight is 300 g/mol. The molecule has 0 aliphatic heterocycles. The zero-order chi connectivity index (χ0) is 12.3. The molecule has 1 aromatic carbocycles. The lowest BCUT2D eigenvalue weighted by molar-refractivity contribution is 0.0872. The Kier molecular flexibility index (Phi) is 4.56. The van der Waals surface area contributed by atoms with Crippen LogP contribution in [-0.4, -0.2) is 35.5 Å². The number of aliphatic hydroxyl groups excluding tert-OH is 2. The Labute approximate surface area is 110 Å². The molecule has 0 spiro atoms. The highest BCUT2D eigenvalue weighted by atomic mass is 79.9. The fourth-order valence-corrected chi connectivity index (χ4v) is 2.60. The van der Waals surface area contributed by atoms with Crippen molar-refractivity contribution in [3.63, 3.8) is 0 Å². The first kappa shape index (κ1) is 13.0. The van der Waals surface area contributed by atoms with E-state index < -0.39 is 6.10 Å². The van der Waals surface area contributed by atoms with Crippen molar-refractivity contribution < 1.29 is 10.2 Å². The van der Waals surface area contributed by atoms with Crippen molar-refractivity contribution >= 4 is 15.9 Å². The quantitative estimate of drug-likeness (QED) is 0.775. The molecule has 1 aromatic rings. The summed E-state index contributed by atoms with van der Waals surface area (Å²) in [5.74, 6) is 0.622. The maximum Gasteiger partial charge on any atom is 0.0895 e. The van der Waals surface area contributed by atoms with E-state index >= 15 is 0 Å². The van der Waals surface area contributed by atoms with Crippen molar-refractivity contribution in [2.45, 2.75) is 30.9 Å². The van der Waals surface area contributed by atoms with Gasteiger partial charge in [0, 0.05) is 17.1 Å². The molecule has 1 aliphatic rings. The van der Waals surface area contributed by atoms with Crippen LogP contribution in [0.25, 0.3) is 0 Å². The topological polar surface area (TPSA) is 52.5 Å². The van der Waals surface area contributed by atoms with Gasteiger partial charge in [0.15, 0.2) is 0 Å². The molecule has 0 amide bonds. The first-order valence-electron chi connectivity index (χ1n) is 5.97. The normalized spacial score (nSPS) is 25.4. The van der Waals surface area contributed by atoms with Gasteiger partial charge in [-0.1, -0.05) is 28.1 Å². The molecule has 1 atom stereocenters. The summed E-state index contributed by atoms with van der Waals surface area (Å²) >= 11 is 3.48. The van der Waals surface area contributed by atoms with Gasteiger partial charge in [-0.05, 0) is 36.5 Å². The molecular weight excluding hydrogens is 282 g/mol. The molecule has 1 aliphatic carbocycles. The molecule has 4 heteroatoms. The lowest BCUT2D eigenvalue weighted by atomic mass is 9.76. The van der Waals surface area contributed by atoms with Crippen LogP contribution >= 0.6 is 15.9 Å². The monoisotopic (exact) mass is 299 g/mol. The molecule has 3 nitrogen and oxygen atoms in total. The van der Waals surface area contributed by atoms with Gasteiger partial charge in [-0.15, -0.1) is 0 Å². The highest BCUT2D eigenvalue weighted by Crippen LogP contribution is 2.37. The highest BCUT2D eigenvalue weighted by molar-refractivity contribution is 9.10. The molecule has 1 fully saturated rings. The van der Waals surface area contributed by atoms with Gasteiger partial charge in [-0.2, -0.15) is 0 Å². The average Bonchev–Trinajstić information content (AvgIpc) is 2.26. The Morgan fingerprint density at radius 2 is 2.18 bits per heavy atom. The van der Waals surface area contributed by atoms with Crippen LogP contribution in [0.3, 0.4) is 0 Å². The van der Waals surface area contributed by atoms with E-state index in [0.29, 0.717) is 18.5 Å². The van der Waals surface area contributed by atoms with Crippen molar-refractivity contribution in [1.82, 2.24) is 5.32 Å². The highest BCUT2D eigenvalue weighted by Gasteiger charge is 2.30. The van der Waals surface area contributed by atoms with Crippen LogP contribution in [0.5, 0.6) is 0 Å². The minimum atomic E-state index is -0.639. The van der Waals surface area contributed by atoms with E-state index in [0.717, 1.165) is 17.3 Å². The molecule has 1 saturated carbocycles. The van der Waals surface area contributed by atoms with Gasteiger partial charge in [0.05, 0.1) is 12.7 Å². The van der Waals surface area contributed by atoms with Crippen molar-refractivity contribution in [2.24, 2.45) is 0 Å². The van der Waals surface area contributed by atoms with Gasteiger partial charge in [-0.25, -0.2) is 0 Å². The molecule has 0 radical (unpaired) electrons. The van der Waals surface area contributed by atoms with E-state index in [2.05, 4.69) is 39.4 Å². The summed E-state index contributed by atoms with van der Waals surface area (Å²) in [4.78, 5) is 0. The Morgan fingerprint density at radius 1 is 1.41 bits per heavy atom. The minimum absolute atomic E-state index is 0.172. The second kappa shape index (κ2) is 5.96. The van der Waals surface area contributed by atoms with Crippen LogP contribution in [-0.2, 0) is 0 Å². The Morgan fingerprint density at radius 3 is 2.82 bits per heavy atom. The second-order valence-electron chi connectivity index (χ2n) is 4.66. The number of aliphatic hydroxyl groups is 2. The summed E-state index contributed by atoms with van der Waals surface area (Å²) in [5.41, 5.74) is 1.38. The molecule has 1 unspecified atom stereocenters. The SMILES string of the molecule is OCC(O)CNC1CC(c2cccc(Br)c2)C1. The number of halogens is 1. The molecule has 3 N–H and O–H groups in total. The fraction of sp³-hybridized carbons (Fsp3) is 0.538. The maximum absolute atomic E-state index is 9.23. The molecule has 17 heavy (non-hydrogen) atoms. The number of hydrogen-bond acceptors (Lipinski definition) is 3. The van der Waals surface area contributed by atoms with Crippen molar-refractivity contribution in [1.29, 1.82) is 0 Å². The van der Waals surface area contributed by atoms with E-state index in [1.165, 1.54) is 5.56 Å². The molecule has 94 valence electrons. The summed E-state index contributed by atoms with van der Waals surface area (Å²) in [5, 5.41) is 21.2. The van der Waals surface area contributed by atoms with Crippen LogP contribution in [0, 0.1) is 0 Å². The maximum atomic E-state index is 9.23. The summed E-state index contributed by atoms with van der Waals surface area (Å²) in [7, 11) is 0. The smallest absolute Gasteiger partial charge is 0.0895 e. The van der Waals surface area contributed by atoms with Crippen molar-refractivity contribution in [3.05, 3.63) is 34.3 Å². The van der Waals surface area contributed by atoms with E-state index in [9.17, 15) is 5.11 Å². The van der Waals surface area contributed by atoms with E-state index in [1.54, 1.807) is 0 Å². The summed E-state index contributed by atoms with van der Waals surface area (Å²) < 4.78 is 1.13. The first-order valence-corrected chi connectivity index (χ1v) is 6.76. The molecule has 0 heterocycles. The number of hydrogen-bond donors (Lipinski definition) is 3. The van der Waals surface area contributed by atoms with Crippen LogP contribution < -0.4 is 5.32 Å². The van der Waals surface area contributed by atoms with Crippen molar-refractivity contribution in [3.8, 4) is 0 Å². The third-order valence-corrected chi connectivity index (χ3v) is 3.80. The number of benzene rings is 1. The largest absolute Gasteiger partial charge is 0.394 e.